The molecule has 0 aliphatic rings. The molecule has 1 rings (SSSR count). The second kappa shape index (κ2) is 4.29. The van der Waals surface area contributed by atoms with Crippen LogP contribution in [0.5, 0.6) is 0 Å². The Morgan fingerprint density at radius 3 is 3.00 bits per heavy atom. The molecule has 1 aromatic rings. The lowest BCUT2D eigenvalue weighted by Gasteiger charge is -1.99. The number of ether oxygens (including phenoxy) is 1. The van der Waals surface area contributed by atoms with Gasteiger partial charge in [0.1, 0.15) is 10.7 Å². The number of esters is 1. The van der Waals surface area contributed by atoms with Gasteiger partial charge in [-0.25, -0.2) is 4.79 Å². The summed E-state index contributed by atoms with van der Waals surface area (Å²) in [6.07, 6.45) is 0. The van der Waals surface area contributed by atoms with E-state index in [1.54, 1.807) is 20.0 Å². The molecule has 5 nitrogen and oxygen atoms in total. The summed E-state index contributed by atoms with van der Waals surface area (Å²) in [4.78, 5) is 11.3. The lowest BCUT2D eigenvalue weighted by Crippen LogP contribution is -2.10. The quantitative estimate of drug-likeness (QED) is 0.571. The number of aryl methyl sites for hydroxylation is 1. The van der Waals surface area contributed by atoms with E-state index in [-0.39, 0.29) is 5.97 Å². The van der Waals surface area contributed by atoms with Gasteiger partial charge in [-0.3, -0.25) is 9.82 Å². The first-order valence-corrected chi connectivity index (χ1v) is 4.65. The molecule has 1 aromatic heterocycles. The first kappa shape index (κ1) is 10.1. The molecule has 72 valence electrons. The average molecular weight is 201 g/mol. The van der Waals surface area contributed by atoms with E-state index >= 15 is 0 Å². The second-order valence-corrected chi connectivity index (χ2v) is 2.98. The van der Waals surface area contributed by atoms with Crippen molar-refractivity contribution < 1.29 is 9.53 Å². The zero-order valence-electron chi connectivity index (χ0n) is 7.48. The standard InChI is InChI=1S/C7H11N3O2S/c1-3-12-7(11)5-4-6(13-8)9-10(5)2/h4H,3,8H2,1-2H3. The van der Waals surface area contributed by atoms with Crippen molar-refractivity contribution in [2.75, 3.05) is 6.61 Å². The molecule has 2 N–H and O–H groups in total. The highest BCUT2D eigenvalue weighted by molar-refractivity contribution is 7.97. The van der Waals surface area contributed by atoms with Crippen LogP contribution >= 0.6 is 11.9 Å². The molecule has 0 atom stereocenters. The van der Waals surface area contributed by atoms with Gasteiger partial charge in [0, 0.05) is 13.1 Å². The van der Waals surface area contributed by atoms with Crippen molar-refractivity contribution in [2.24, 2.45) is 12.2 Å². The summed E-state index contributed by atoms with van der Waals surface area (Å²) in [5.74, 6) is -0.377. The Bertz CT molecular complexity index is 311. The maximum absolute atomic E-state index is 11.3. The zero-order valence-corrected chi connectivity index (χ0v) is 8.30. The van der Waals surface area contributed by atoms with E-state index in [4.69, 9.17) is 9.88 Å². The molecule has 13 heavy (non-hydrogen) atoms. The Labute approximate surface area is 80.4 Å². The molecule has 0 unspecified atom stereocenters. The lowest BCUT2D eigenvalue weighted by molar-refractivity contribution is 0.0513. The van der Waals surface area contributed by atoms with Crippen molar-refractivity contribution in [3.8, 4) is 0 Å². The molecule has 0 aliphatic heterocycles. The predicted molar refractivity (Wildman–Crippen MR) is 49.2 cm³/mol. The number of hydrogen-bond donors (Lipinski definition) is 1. The van der Waals surface area contributed by atoms with Crippen molar-refractivity contribution in [1.82, 2.24) is 9.78 Å². The first-order chi connectivity index (χ1) is 6.19. The van der Waals surface area contributed by atoms with E-state index in [0.717, 1.165) is 11.9 Å². The predicted octanol–water partition coefficient (Wildman–Crippen LogP) is 0.563. The molecular weight excluding hydrogens is 190 g/mol. The summed E-state index contributed by atoms with van der Waals surface area (Å²) in [5.41, 5.74) is 0.412. The largest absolute Gasteiger partial charge is 0.461 e. The van der Waals surface area contributed by atoms with Crippen LogP contribution < -0.4 is 5.14 Å². The van der Waals surface area contributed by atoms with Gasteiger partial charge in [0.25, 0.3) is 0 Å². The van der Waals surface area contributed by atoms with Crippen molar-refractivity contribution in [3.05, 3.63) is 11.8 Å². The van der Waals surface area contributed by atoms with E-state index in [1.807, 2.05) is 0 Å². The highest BCUT2D eigenvalue weighted by atomic mass is 32.2. The summed E-state index contributed by atoms with van der Waals surface area (Å²) in [6, 6.07) is 1.60. The highest BCUT2D eigenvalue weighted by Gasteiger charge is 2.13. The summed E-state index contributed by atoms with van der Waals surface area (Å²) in [7, 11) is 1.67. The number of aromatic nitrogens is 2. The third-order valence-corrected chi connectivity index (χ3v) is 1.90. The number of hydrogen-bond acceptors (Lipinski definition) is 5. The maximum Gasteiger partial charge on any atom is 0.356 e. The Kier molecular flexibility index (Phi) is 3.32. The van der Waals surface area contributed by atoms with Gasteiger partial charge in [0.2, 0.25) is 0 Å². The van der Waals surface area contributed by atoms with E-state index in [9.17, 15) is 4.79 Å². The third-order valence-electron chi connectivity index (χ3n) is 1.46. The minimum absolute atomic E-state index is 0.356. The Balaban J connectivity index is 2.87. The molecule has 0 aliphatic carbocycles. The molecule has 0 amide bonds. The van der Waals surface area contributed by atoms with Crippen molar-refractivity contribution >= 4 is 17.9 Å². The molecule has 1 heterocycles. The number of rotatable bonds is 3. The van der Waals surface area contributed by atoms with Crippen molar-refractivity contribution in [2.45, 2.75) is 11.9 Å². The van der Waals surface area contributed by atoms with Crippen LogP contribution in [0.4, 0.5) is 0 Å². The van der Waals surface area contributed by atoms with E-state index in [1.165, 1.54) is 4.68 Å². The normalized spacial score (nSPS) is 10.1. The molecular formula is C7H11N3O2S. The summed E-state index contributed by atoms with van der Waals surface area (Å²) >= 11 is 1.000. The maximum atomic E-state index is 11.3. The Hall–Kier alpha value is -1.01. The molecule has 0 radical (unpaired) electrons. The van der Waals surface area contributed by atoms with E-state index in [0.29, 0.717) is 17.3 Å². The van der Waals surface area contributed by atoms with Crippen LogP contribution in [0.3, 0.4) is 0 Å². The molecule has 0 saturated carbocycles. The highest BCUT2D eigenvalue weighted by Crippen LogP contribution is 2.11. The van der Waals surface area contributed by atoms with Gasteiger partial charge in [0.15, 0.2) is 0 Å². The molecule has 0 saturated heterocycles. The lowest BCUT2D eigenvalue weighted by atomic mass is 10.4. The van der Waals surface area contributed by atoms with Gasteiger partial charge >= 0.3 is 5.97 Å². The molecule has 6 heteroatoms. The summed E-state index contributed by atoms with van der Waals surface area (Å²) < 4.78 is 6.27. The first-order valence-electron chi connectivity index (χ1n) is 3.77. The van der Waals surface area contributed by atoms with Crippen LogP contribution in [0.1, 0.15) is 17.4 Å². The SMILES string of the molecule is CCOC(=O)c1cc(SN)nn1C. The summed E-state index contributed by atoms with van der Waals surface area (Å²) in [6.45, 7) is 2.11. The van der Waals surface area contributed by atoms with Crippen LogP contribution in [0.2, 0.25) is 0 Å². The average Bonchev–Trinajstić information content (AvgIpc) is 2.47. The minimum Gasteiger partial charge on any atom is -0.461 e. The number of nitrogens with two attached hydrogens (primary N) is 1. The number of carbonyl (C=O) groups excluding carboxylic acids is 1. The van der Waals surface area contributed by atoms with Gasteiger partial charge in [0.05, 0.1) is 6.61 Å². The monoisotopic (exact) mass is 201 g/mol. The second-order valence-electron chi connectivity index (χ2n) is 2.33. The van der Waals surface area contributed by atoms with Crippen molar-refractivity contribution in [3.63, 3.8) is 0 Å². The van der Waals surface area contributed by atoms with Crippen molar-refractivity contribution in [1.29, 1.82) is 0 Å². The molecule has 0 fully saturated rings. The molecule has 0 spiro atoms. The Morgan fingerprint density at radius 2 is 2.54 bits per heavy atom. The van der Waals surface area contributed by atoms with Gasteiger partial charge in [-0.05, 0) is 18.9 Å². The van der Waals surface area contributed by atoms with Gasteiger partial charge in [-0.1, -0.05) is 0 Å². The van der Waals surface area contributed by atoms with Crippen LogP contribution in [0.15, 0.2) is 11.1 Å². The number of carbonyl (C=O) groups is 1. The molecule has 0 aromatic carbocycles. The zero-order chi connectivity index (χ0) is 9.84. The Morgan fingerprint density at radius 1 is 1.85 bits per heavy atom. The fourth-order valence-electron chi connectivity index (χ4n) is 0.895. The van der Waals surface area contributed by atoms with Crippen LogP contribution in [-0.4, -0.2) is 22.4 Å². The van der Waals surface area contributed by atoms with Gasteiger partial charge in [-0.15, -0.1) is 0 Å². The third kappa shape index (κ3) is 2.22. The van der Waals surface area contributed by atoms with Gasteiger partial charge < -0.3 is 4.74 Å². The fourth-order valence-corrected chi connectivity index (χ4v) is 1.24. The topological polar surface area (TPSA) is 70.1 Å². The fraction of sp³-hybridized carbons (Fsp3) is 0.429. The molecule has 0 bridgehead atoms. The smallest absolute Gasteiger partial charge is 0.356 e. The minimum atomic E-state index is -0.377. The van der Waals surface area contributed by atoms with Crippen LogP contribution in [0, 0.1) is 0 Å². The van der Waals surface area contributed by atoms with Crippen LogP contribution in [0.25, 0.3) is 0 Å². The number of nitrogens with zero attached hydrogens (tertiary/aromatic N) is 2. The summed E-state index contributed by atoms with van der Waals surface area (Å²) in [5, 5.41) is 9.88. The van der Waals surface area contributed by atoms with Gasteiger partial charge in [-0.2, -0.15) is 5.10 Å². The van der Waals surface area contributed by atoms with E-state index < -0.39 is 0 Å². The van der Waals surface area contributed by atoms with Crippen LogP contribution in [-0.2, 0) is 11.8 Å². The van der Waals surface area contributed by atoms with E-state index in [2.05, 4.69) is 5.10 Å².